The zero-order valence-electron chi connectivity index (χ0n) is 25.8. The molecule has 0 saturated heterocycles. The quantitative estimate of drug-likeness (QED) is 0.199. The summed E-state index contributed by atoms with van der Waals surface area (Å²) in [5, 5.41) is 25.0. The van der Waals surface area contributed by atoms with Crippen LogP contribution in [0.2, 0.25) is 0 Å². The van der Waals surface area contributed by atoms with Gasteiger partial charge in [-0.3, -0.25) is 0 Å². The van der Waals surface area contributed by atoms with Crippen LogP contribution in [0.25, 0.3) is 77.2 Å². The summed E-state index contributed by atoms with van der Waals surface area (Å²) in [4.78, 5) is 0. The predicted molar refractivity (Wildman–Crippen MR) is 195 cm³/mol. The van der Waals surface area contributed by atoms with Gasteiger partial charge < -0.3 is 9.13 Å². The van der Waals surface area contributed by atoms with Crippen molar-refractivity contribution in [3.05, 3.63) is 169 Å². The molecule has 7 aromatic carbocycles. The topological polar surface area (TPSA) is 57.4 Å². The molecular formula is C44H26N4. The monoisotopic (exact) mass is 610 g/mol. The van der Waals surface area contributed by atoms with Crippen LogP contribution in [-0.4, -0.2) is 9.13 Å². The Balaban J connectivity index is 1.30. The van der Waals surface area contributed by atoms with Crippen molar-refractivity contribution >= 4 is 43.6 Å². The van der Waals surface area contributed by atoms with E-state index in [0.29, 0.717) is 11.1 Å². The molecule has 4 heteroatoms. The van der Waals surface area contributed by atoms with Crippen molar-refractivity contribution in [2.45, 2.75) is 0 Å². The minimum absolute atomic E-state index is 0.620. The van der Waals surface area contributed by atoms with Gasteiger partial charge in [-0.1, -0.05) is 109 Å². The highest BCUT2D eigenvalue weighted by Gasteiger charge is 2.21. The van der Waals surface area contributed by atoms with Crippen molar-refractivity contribution in [2.24, 2.45) is 0 Å². The van der Waals surface area contributed by atoms with Crippen LogP contribution in [0.3, 0.4) is 0 Å². The highest BCUT2D eigenvalue weighted by atomic mass is 15.0. The summed E-state index contributed by atoms with van der Waals surface area (Å²) in [6, 6.07) is 58.9. The molecular weight excluding hydrogens is 585 g/mol. The van der Waals surface area contributed by atoms with E-state index in [0.717, 1.165) is 77.2 Å². The Morgan fingerprint density at radius 3 is 1.44 bits per heavy atom. The number of aromatic nitrogens is 2. The van der Waals surface area contributed by atoms with E-state index >= 15 is 0 Å². The number of para-hydroxylation sites is 4. The smallest absolute Gasteiger partial charge is 0.102 e. The lowest BCUT2D eigenvalue weighted by molar-refractivity contribution is 1.17. The Morgan fingerprint density at radius 2 is 0.812 bits per heavy atom. The SMILES string of the molecule is N#Cc1ccc2c(c1)c1ccccc1n2-c1ccccc1-c1ccccc1-c1cccc(-n2c3ccccc3c3ccccc32)c1C#N. The van der Waals surface area contributed by atoms with E-state index < -0.39 is 0 Å². The summed E-state index contributed by atoms with van der Waals surface area (Å²) >= 11 is 0. The van der Waals surface area contributed by atoms with E-state index in [4.69, 9.17) is 0 Å². The van der Waals surface area contributed by atoms with Gasteiger partial charge in [0, 0.05) is 32.7 Å². The summed E-state index contributed by atoms with van der Waals surface area (Å²) in [5.41, 5.74) is 11.3. The van der Waals surface area contributed by atoms with Gasteiger partial charge in [-0.2, -0.15) is 10.5 Å². The molecule has 0 radical (unpaired) electrons. The molecule has 0 bridgehead atoms. The Morgan fingerprint density at radius 1 is 0.354 bits per heavy atom. The Kier molecular flexibility index (Phi) is 6.22. The van der Waals surface area contributed by atoms with Gasteiger partial charge in [0.1, 0.15) is 6.07 Å². The van der Waals surface area contributed by atoms with E-state index in [9.17, 15) is 10.5 Å². The van der Waals surface area contributed by atoms with Gasteiger partial charge in [0.2, 0.25) is 0 Å². The molecule has 48 heavy (non-hydrogen) atoms. The minimum atomic E-state index is 0.620. The van der Waals surface area contributed by atoms with Crippen LogP contribution in [0.15, 0.2) is 158 Å². The number of benzene rings is 7. The number of fused-ring (bicyclic) bond motifs is 6. The highest BCUT2D eigenvalue weighted by molar-refractivity contribution is 6.11. The standard InChI is InChI=1S/C44H26N4/c45-27-29-24-25-44-37(26-29)36-17-6-10-22-42(36)48(44)39-19-7-3-14-33(39)31-13-2-1-12-30(31)32-18-11-23-43(38(32)28-46)47-40-20-8-4-15-34(40)35-16-5-9-21-41(35)47/h1-26H. The molecule has 0 atom stereocenters. The van der Waals surface area contributed by atoms with Crippen molar-refractivity contribution in [1.82, 2.24) is 9.13 Å². The highest BCUT2D eigenvalue weighted by Crippen LogP contribution is 2.42. The predicted octanol–water partition coefficient (Wildman–Crippen LogP) is 11.0. The molecule has 0 aliphatic carbocycles. The number of nitriles is 2. The summed E-state index contributed by atoms with van der Waals surface area (Å²) < 4.78 is 4.51. The fraction of sp³-hybridized carbons (Fsp3) is 0. The lowest BCUT2D eigenvalue weighted by Gasteiger charge is -2.18. The van der Waals surface area contributed by atoms with Crippen molar-refractivity contribution in [3.63, 3.8) is 0 Å². The third kappa shape index (κ3) is 4.01. The zero-order chi connectivity index (χ0) is 32.2. The van der Waals surface area contributed by atoms with Crippen LogP contribution in [-0.2, 0) is 0 Å². The average Bonchev–Trinajstić information content (AvgIpc) is 3.67. The molecule has 0 fully saturated rings. The van der Waals surface area contributed by atoms with Crippen molar-refractivity contribution < 1.29 is 0 Å². The molecule has 0 N–H and O–H groups in total. The van der Waals surface area contributed by atoms with E-state index in [2.05, 4.69) is 143 Å². The molecule has 0 aliphatic rings. The van der Waals surface area contributed by atoms with Crippen LogP contribution < -0.4 is 0 Å². The summed E-state index contributed by atoms with van der Waals surface area (Å²) in [5.74, 6) is 0. The van der Waals surface area contributed by atoms with Crippen LogP contribution >= 0.6 is 0 Å². The first kappa shape index (κ1) is 27.4. The third-order valence-corrected chi connectivity index (χ3v) is 9.43. The molecule has 0 amide bonds. The van der Waals surface area contributed by atoms with Gasteiger partial charge in [-0.05, 0) is 59.7 Å². The largest absolute Gasteiger partial charge is 0.309 e. The first-order chi connectivity index (χ1) is 23.8. The fourth-order valence-corrected chi connectivity index (χ4v) is 7.40. The van der Waals surface area contributed by atoms with Crippen molar-refractivity contribution in [2.75, 3.05) is 0 Å². The minimum Gasteiger partial charge on any atom is -0.309 e. The Bertz CT molecular complexity index is 2760. The van der Waals surface area contributed by atoms with E-state index in [1.54, 1.807) is 0 Å². The molecule has 0 saturated carbocycles. The van der Waals surface area contributed by atoms with Gasteiger partial charge in [0.15, 0.2) is 0 Å². The van der Waals surface area contributed by atoms with E-state index in [-0.39, 0.29) is 0 Å². The molecule has 9 aromatic rings. The zero-order valence-corrected chi connectivity index (χ0v) is 25.8. The second kappa shape index (κ2) is 10.9. The van der Waals surface area contributed by atoms with E-state index in [1.807, 2.05) is 36.4 Å². The number of hydrogen-bond acceptors (Lipinski definition) is 2. The fourth-order valence-electron chi connectivity index (χ4n) is 7.40. The normalized spacial score (nSPS) is 11.3. The number of hydrogen-bond donors (Lipinski definition) is 0. The lowest BCUT2D eigenvalue weighted by atomic mass is 9.90. The maximum absolute atomic E-state index is 10.9. The van der Waals surface area contributed by atoms with Gasteiger partial charge in [-0.25, -0.2) is 0 Å². The van der Waals surface area contributed by atoms with Gasteiger partial charge in [0.05, 0.1) is 50.6 Å². The third-order valence-electron chi connectivity index (χ3n) is 9.43. The van der Waals surface area contributed by atoms with Crippen LogP contribution in [0.4, 0.5) is 0 Å². The molecule has 0 spiro atoms. The molecule has 4 nitrogen and oxygen atoms in total. The van der Waals surface area contributed by atoms with Crippen LogP contribution in [0.5, 0.6) is 0 Å². The first-order valence-corrected chi connectivity index (χ1v) is 15.9. The molecule has 0 aliphatic heterocycles. The van der Waals surface area contributed by atoms with Crippen molar-refractivity contribution in [1.29, 1.82) is 10.5 Å². The molecule has 9 rings (SSSR count). The Labute approximate surface area is 277 Å². The second-order valence-corrected chi connectivity index (χ2v) is 11.9. The summed E-state index contributed by atoms with van der Waals surface area (Å²) in [6.07, 6.45) is 0. The average molecular weight is 611 g/mol. The summed E-state index contributed by atoms with van der Waals surface area (Å²) in [6.45, 7) is 0. The van der Waals surface area contributed by atoms with Crippen LogP contribution in [0.1, 0.15) is 11.1 Å². The second-order valence-electron chi connectivity index (χ2n) is 11.9. The van der Waals surface area contributed by atoms with Gasteiger partial charge in [0.25, 0.3) is 0 Å². The number of nitrogens with zero attached hydrogens (tertiary/aromatic N) is 4. The molecule has 0 unspecified atom stereocenters. The Hall–Kier alpha value is -6.88. The maximum atomic E-state index is 10.9. The molecule has 2 aromatic heterocycles. The van der Waals surface area contributed by atoms with Crippen LogP contribution in [0, 0.1) is 22.7 Å². The number of rotatable bonds is 4. The molecule has 222 valence electrons. The van der Waals surface area contributed by atoms with Gasteiger partial charge in [-0.15, -0.1) is 0 Å². The molecule has 2 heterocycles. The van der Waals surface area contributed by atoms with Gasteiger partial charge >= 0.3 is 0 Å². The first-order valence-electron chi connectivity index (χ1n) is 15.9. The lowest BCUT2D eigenvalue weighted by Crippen LogP contribution is -2.01. The van der Waals surface area contributed by atoms with Crippen molar-refractivity contribution in [3.8, 4) is 45.8 Å². The van der Waals surface area contributed by atoms with E-state index in [1.165, 1.54) is 0 Å². The maximum Gasteiger partial charge on any atom is 0.102 e. The summed E-state index contributed by atoms with van der Waals surface area (Å²) in [7, 11) is 0.